The van der Waals surface area contributed by atoms with Gasteiger partial charge in [-0.1, -0.05) is 97.1 Å². The number of hydrazine groups is 1. The Morgan fingerprint density at radius 1 is 0.433 bits per heavy atom. The lowest BCUT2D eigenvalue weighted by atomic mass is 10.1. The summed E-state index contributed by atoms with van der Waals surface area (Å²) in [5.41, 5.74) is 5.85. The Bertz CT molecular complexity index is 2720. The van der Waals surface area contributed by atoms with Crippen LogP contribution in [0.2, 0.25) is 0 Å². The van der Waals surface area contributed by atoms with Crippen LogP contribution >= 0.6 is 0 Å². The Hall–Kier alpha value is -5.99. The first-order chi connectivity index (χ1) is 30.6. The number of anilines is 2. The van der Waals surface area contributed by atoms with Gasteiger partial charge in [-0.3, -0.25) is 0 Å². The molecule has 0 saturated carbocycles. The molecule has 27 heteroatoms. The zero-order valence-corrected chi connectivity index (χ0v) is 34.3. The number of hydrogen-bond donors (Lipinski definition) is 3. The molecule has 1 aliphatic carbocycles. The monoisotopic (exact) mass is 1020 g/mol. The van der Waals surface area contributed by atoms with E-state index in [1.165, 1.54) is 6.21 Å². The van der Waals surface area contributed by atoms with Crippen LogP contribution in [0, 0.1) is 5.41 Å². The van der Waals surface area contributed by atoms with Gasteiger partial charge < -0.3 is 16.3 Å². The van der Waals surface area contributed by atoms with Gasteiger partial charge in [0.25, 0.3) is 19.7 Å². The van der Waals surface area contributed by atoms with Gasteiger partial charge in [0.15, 0.2) is 0 Å². The first kappa shape index (κ1) is 53.6. The number of halogens is 18. The predicted molar refractivity (Wildman–Crippen MR) is 205 cm³/mol. The minimum absolute atomic E-state index is 0.0871. The van der Waals surface area contributed by atoms with Crippen LogP contribution in [0.4, 0.5) is 90.4 Å². The zero-order valence-electron chi connectivity index (χ0n) is 32.7. The number of fused-ring (bicyclic) bond motifs is 3. The number of benzene rings is 5. The highest BCUT2D eigenvalue weighted by Gasteiger charge is 2.87. The third-order valence-corrected chi connectivity index (χ3v) is 13.1. The molecule has 0 amide bonds. The predicted octanol–water partition coefficient (Wildman–Crippen LogP) is 12.5. The number of rotatable bonds is 12. The first-order valence-electron chi connectivity index (χ1n) is 17.9. The van der Waals surface area contributed by atoms with E-state index in [1.54, 1.807) is 0 Å². The Kier molecular flexibility index (Phi) is 14.9. The zero-order chi connectivity index (χ0) is 50.9. The average molecular weight is 1020 g/mol. The van der Waals surface area contributed by atoms with Gasteiger partial charge in [0.2, 0.25) is 0 Å². The lowest BCUT2D eigenvalue weighted by molar-refractivity contribution is -0.382. The molecule has 0 spiro atoms. The molecule has 0 radical (unpaired) electrons. The summed E-state index contributed by atoms with van der Waals surface area (Å²) in [5, 5.41) is -8.95. The third kappa shape index (κ3) is 9.60. The van der Waals surface area contributed by atoms with E-state index in [4.69, 9.17) is 5.41 Å². The second-order valence-electron chi connectivity index (χ2n) is 13.6. The summed E-state index contributed by atoms with van der Waals surface area (Å²) >= 11 is 0. The molecule has 0 aliphatic heterocycles. The van der Waals surface area contributed by atoms with Gasteiger partial charge in [-0.05, 0) is 58.1 Å². The van der Waals surface area contributed by atoms with E-state index in [0.29, 0.717) is 0 Å². The van der Waals surface area contributed by atoms with E-state index in [2.05, 4.69) is 10.9 Å². The van der Waals surface area contributed by atoms with Crippen LogP contribution in [-0.4, -0.2) is 69.6 Å². The van der Waals surface area contributed by atoms with Crippen molar-refractivity contribution in [3.8, 4) is 11.1 Å². The van der Waals surface area contributed by atoms with Crippen LogP contribution in [0.15, 0.2) is 137 Å². The third-order valence-electron chi connectivity index (χ3n) is 9.23. The van der Waals surface area contributed by atoms with Crippen molar-refractivity contribution in [2.75, 3.05) is 10.9 Å². The van der Waals surface area contributed by atoms with Gasteiger partial charge in [0.05, 0.1) is 21.2 Å². The van der Waals surface area contributed by atoms with Crippen molar-refractivity contribution in [2.24, 2.45) is 0 Å². The van der Waals surface area contributed by atoms with E-state index in [1.807, 2.05) is 91.0 Å². The molecule has 0 unspecified atom stereocenters. The van der Waals surface area contributed by atoms with Crippen molar-refractivity contribution in [3.63, 3.8) is 0 Å². The molecule has 67 heavy (non-hydrogen) atoms. The summed E-state index contributed by atoms with van der Waals surface area (Å²) in [5.74, 6) is -32.3. The van der Waals surface area contributed by atoms with Crippen molar-refractivity contribution in [2.45, 2.75) is 62.8 Å². The number of para-hydroxylation sites is 2. The standard InChI is InChI=1S/C21H8F18O4S2.C12H12N2.C7H7N/c22-14(23,18(30,31)32)16(26,27)20(36,37)44(40,41)12-6-5-10-9-4-2-1-3-8(9)7-11(10)13(12)45(42,43)21(38,39)17(28,29)15(24,25)19(33,34)35;1-3-7-11(8-4-1)13-14-12-9-5-2-6-10-12;8-6-7-4-2-1-3-5-7/h1-6H,7H2;1-10,13-14H;1-6,8H. The fourth-order valence-corrected chi connectivity index (χ4v) is 9.31. The molecule has 0 saturated heterocycles. The number of nitrogens with one attached hydrogen (secondary N) is 3. The highest BCUT2D eigenvalue weighted by molar-refractivity contribution is 7.95. The number of alkyl halides is 18. The van der Waals surface area contributed by atoms with Crippen LogP contribution < -0.4 is 10.9 Å². The van der Waals surface area contributed by atoms with Crippen molar-refractivity contribution in [1.82, 2.24) is 0 Å². The Morgan fingerprint density at radius 2 is 0.806 bits per heavy atom. The lowest BCUT2D eigenvalue weighted by Crippen LogP contribution is -2.64. The topological polar surface area (TPSA) is 116 Å². The van der Waals surface area contributed by atoms with Crippen LogP contribution in [0.25, 0.3) is 11.1 Å². The number of hydrogen-bond acceptors (Lipinski definition) is 7. The Balaban J connectivity index is 0.000000358. The van der Waals surface area contributed by atoms with Crippen molar-refractivity contribution >= 4 is 37.3 Å². The molecule has 6 rings (SSSR count). The van der Waals surface area contributed by atoms with Crippen molar-refractivity contribution < 1.29 is 95.9 Å². The quantitative estimate of drug-likeness (QED) is 0.0639. The van der Waals surface area contributed by atoms with Gasteiger partial charge in [-0.2, -0.15) is 79.0 Å². The van der Waals surface area contributed by atoms with E-state index in [9.17, 15) is 95.9 Å². The van der Waals surface area contributed by atoms with Gasteiger partial charge in [0.1, 0.15) is 0 Å². The molecule has 0 fully saturated rings. The highest BCUT2D eigenvalue weighted by Crippen LogP contribution is 2.60. The van der Waals surface area contributed by atoms with E-state index in [-0.39, 0.29) is 11.6 Å². The highest BCUT2D eigenvalue weighted by atomic mass is 32.2. The van der Waals surface area contributed by atoms with Crippen molar-refractivity contribution in [1.29, 1.82) is 5.41 Å². The molecular weight excluding hydrogens is 993 g/mol. The molecule has 5 aromatic carbocycles. The van der Waals surface area contributed by atoms with E-state index < -0.39 is 105 Å². The van der Waals surface area contributed by atoms with Crippen LogP contribution in [-0.2, 0) is 26.1 Å². The minimum atomic E-state index is -8.30. The minimum Gasteiger partial charge on any atom is -0.308 e. The Labute approximate surface area is 366 Å². The van der Waals surface area contributed by atoms with Crippen molar-refractivity contribution in [3.05, 3.63) is 144 Å². The Morgan fingerprint density at radius 3 is 1.19 bits per heavy atom. The summed E-state index contributed by atoms with van der Waals surface area (Å²) in [6.07, 6.45) is -15.4. The second kappa shape index (κ2) is 18.6. The summed E-state index contributed by atoms with van der Waals surface area (Å²) in [6.45, 7) is 0. The molecular formula is C40H27F18N3O4S2. The van der Waals surface area contributed by atoms with Crippen LogP contribution in [0.3, 0.4) is 0 Å². The van der Waals surface area contributed by atoms with Gasteiger partial charge in [-0.25, -0.2) is 16.8 Å². The van der Waals surface area contributed by atoms with Crippen LogP contribution in [0.5, 0.6) is 0 Å². The maximum absolute atomic E-state index is 14.8. The fourth-order valence-electron chi connectivity index (χ4n) is 5.73. The maximum Gasteiger partial charge on any atom is 0.460 e. The van der Waals surface area contributed by atoms with E-state index in [0.717, 1.165) is 41.2 Å². The summed E-state index contributed by atoms with van der Waals surface area (Å²) < 4.78 is 296. The molecule has 7 nitrogen and oxygen atoms in total. The molecule has 0 atom stereocenters. The normalized spacial score (nSPS) is 13.8. The molecule has 0 heterocycles. The van der Waals surface area contributed by atoms with Crippen LogP contribution in [0.1, 0.15) is 16.7 Å². The molecule has 364 valence electrons. The fraction of sp³-hybridized carbons (Fsp3) is 0.225. The maximum atomic E-state index is 14.8. The molecule has 0 aromatic heterocycles. The number of sulfone groups is 2. The summed E-state index contributed by atoms with van der Waals surface area (Å²) in [6, 6.07) is 32.8. The van der Waals surface area contributed by atoms with Gasteiger partial charge >= 0.3 is 46.6 Å². The summed E-state index contributed by atoms with van der Waals surface area (Å²) in [7, 11) is -16.6. The van der Waals surface area contributed by atoms with Gasteiger partial charge in [-0.15, -0.1) is 0 Å². The molecule has 0 bridgehead atoms. The smallest absolute Gasteiger partial charge is 0.308 e. The molecule has 3 N–H and O–H groups in total. The summed E-state index contributed by atoms with van der Waals surface area (Å²) in [4.78, 5) is -6.63. The first-order valence-corrected chi connectivity index (χ1v) is 20.9. The second-order valence-corrected chi connectivity index (χ2v) is 17.5. The SMILES string of the molecule is N=Cc1ccccc1.O=S(=O)(c1ccc2c(c1S(=O)(=O)C(F)(F)C(F)(F)C(F)(F)C(F)(F)F)Cc1ccccc1-2)C(F)(F)C(F)(F)C(F)(F)C(F)(F)F.c1ccc(NNc2ccccc2)cc1. The molecule has 5 aromatic rings. The van der Waals surface area contributed by atoms with E-state index >= 15 is 0 Å². The largest absolute Gasteiger partial charge is 0.460 e. The molecule has 1 aliphatic rings. The average Bonchev–Trinajstić information content (AvgIpc) is 3.64. The van der Waals surface area contributed by atoms with Gasteiger partial charge in [0, 0.05) is 12.6 Å². The lowest BCUT2D eigenvalue weighted by Gasteiger charge is -2.35.